The molecule has 7 unspecified atom stereocenters. The quantitative estimate of drug-likeness (QED) is 0.0261. The SMILES string of the molecule is CCCCCCC/C=C\C/C=C\CCCCCCCCCCCCCCCCCCCCCCCCCCCC(=O)NC(COC1OC(CO)C(O)C(O)C1O)C(O)/C=C/CC/C=C/CC/C=C/CCCCCCCCCCC. The summed E-state index contributed by atoms with van der Waals surface area (Å²) in [6.07, 6.45) is 74.8. The summed E-state index contributed by atoms with van der Waals surface area (Å²) in [7, 11) is 0. The predicted molar refractivity (Wildman–Crippen MR) is 336 cm³/mol. The predicted octanol–water partition coefficient (Wildman–Crippen LogP) is 18.2. The Balaban J connectivity index is 2.10. The zero-order valence-corrected chi connectivity index (χ0v) is 51.6. The molecule has 1 fully saturated rings. The molecule has 7 atom stereocenters. The first-order valence-electron chi connectivity index (χ1n) is 34.0. The molecule has 1 heterocycles. The Kier molecular flexibility index (Phi) is 56.0. The van der Waals surface area contributed by atoms with E-state index >= 15 is 0 Å². The number of ether oxygens (including phenoxy) is 2. The fourth-order valence-corrected chi connectivity index (χ4v) is 10.7. The van der Waals surface area contributed by atoms with Gasteiger partial charge >= 0.3 is 0 Å². The highest BCUT2D eigenvalue weighted by molar-refractivity contribution is 5.76. The molecule has 0 aromatic rings. The molecule has 1 amide bonds. The maximum absolute atomic E-state index is 13.1. The number of allylic oxidation sites excluding steroid dienone is 9. The van der Waals surface area contributed by atoms with Crippen LogP contribution in [-0.4, -0.2) is 87.5 Å². The van der Waals surface area contributed by atoms with Crippen LogP contribution in [0.3, 0.4) is 0 Å². The standard InChI is InChI=1S/C70H129NO8/c1-3-5-7-9-11-13-15-17-19-21-23-24-25-26-27-28-29-30-31-32-33-34-35-36-37-38-39-40-42-44-46-48-50-52-54-56-58-60-66(74)71-63(62-78-70-69(77)68(76)67(75)65(61-72)79-70)64(73)59-57-55-53-51-49-47-45-43-41-22-20-18-16-14-12-10-8-6-4-2/h15,17,21,23,41,43,49,51,57,59,63-65,67-70,72-73,75-77H,3-14,16,18-20,22,24-40,42,44-48,50,52-56,58,60-62H2,1-2H3,(H,71,74)/b17-15-,23-21-,43-41+,51-49+,59-57+. The molecular formula is C70H129NO8. The van der Waals surface area contributed by atoms with E-state index in [-0.39, 0.29) is 12.5 Å². The zero-order valence-electron chi connectivity index (χ0n) is 51.6. The average molecular weight is 1110 g/mol. The second kappa shape index (κ2) is 59.1. The highest BCUT2D eigenvalue weighted by Crippen LogP contribution is 2.23. The van der Waals surface area contributed by atoms with Crippen molar-refractivity contribution in [2.24, 2.45) is 0 Å². The first kappa shape index (κ1) is 74.9. The van der Waals surface area contributed by atoms with Crippen LogP contribution in [0, 0.1) is 0 Å². The van der Waals surface area contributed by atoms with Crippen LogP contribution in [0.15, 0.2) is 60.8 Å². The lowest BCUT2D eigenvalue weighted by Crippen LogP contribution is -2.60. The summed E-state index contributed by atoms with van der Waals surface area (Å²) >= 11 is 0. The number of unbranched alkanes of at least 4 members (excludes halogenated alkanes) is 41. The Morgan fingerprint density at radius 3 is 1.14 bits per heavy atom. The second-order valence-corrected chi connectivity index (χ2v) is 23.6. The molecule has 9 heteroatoms. The zero-order chi connectivity index (χ0) is 57.2. The molecule has 0 radical (unpaired) electrons. The molecule has 462 valence electrons. The molecule has 1 rings (SSSR count). The molecule has 0 aromatic carbocycles. The number of carbonyl (C=O) groups is 1. The lowest BCUT2D eigenvalue weighted by Gasteiger charge is -2.40. The summed E-state index contributed by atoms with van der Waals surface area (Å²) in [4.78, 5) is 13.1. The van der Waals surface area contributed by atoms with E-state index in [1.54, 1.807) is 6.08 Å². The number of nitrogens with one attached hydrogen (secondary N) is 1. The van der Waals surface area contributed by atoms with Crippen LogP contribution in [0.5, 0.6) is 0 Å². The van der Waals surface area contributed by atoms with Gasteiger partial charge in [-0.05, 0) is 77.0 Å². The first-order chi connectivity index (χ1) is 38.8. The Morgan fingerprint density at radius 2 is 0.759 bits per heavy atom. The topological polar surface area (TPSA) is 149 Å². The van der Waals surface area contributed by atoms with Gasteiger partial charge in [-0.25, -0.2) is 0 Å². The molecule has 0 aromatic heterocycles. The summed E-state index contributed by atoms with van der Waals surface area (Å²) in [5, 5.41) is 54.6. The first-order valence-corrected chi connectivity index (χ1v) is 34.0. The van der Waals surface area contributed by atoms with Crippen molar-refractivity contribution < 1.29 is 39.8 Å². The van der Waals surface area contributed by atoms with E-state index in [9.17, 15) is 30.3 Å². The largest absolute Gasteiger partial charge is 0.394 e. The molecule has 0 spiro atoms. The molecule has 1 aliphatic rings. The van der Waals surface area contributed by atoms with Crippen LogP contribution >= 0.6 is 0 Å². The molecule has 0 saturated carbocycles. The molecule has 1 saturated heterocycles. The maximum atomic E-state index is 13.1. The number of aliphatic hydroxyl groups is 5. The summed E-state index contributed by atoms with van der Waals surface area (Å²) in [6.45, 7) is 3.77. The van der Waals surface area contributed by atoms with Crippen molar-refractivity contribution in [1.29, 1.82) is 0 Å². The van der Waals surface area contributed by atoms with E-state index in [2.05, 4.69) is 67.8 Å². The van der Waals surface area contributed by atoms with Gasteiger partial charge in [-0.1, -0.05) is 299 Å². The van der Waals surface area contributed by atoms with Crippen molar-refractivity contribution in [1.82, 2.24) is 5.32 Å². The van der Waals surface area contributed by atoms with Gasteiger partial charge in [-0.2, -0.15) is 0 Å². The van der Waals surface area contributed by atoms with Crippen LogP contribution in [0.1, 0.15) is 322 Å². The van der Waals surface area contributed by atoms with E-state index in [1.807, 2.05) is 6.08 Å². The summed E-state index contributed by atoms with van der Waals surface area (Å²) in [5.74, 6) is -0.186. The molecule has 1 aliphatic heterocycles. The van der Waals surface area contributed by atoms with Gasteiger partial charge in [0.25, 0.3) is 0 Å². The lowest BCUT2D eigenvalue weighted by atomic mass is 9.99. The average Bonchev–Trinajstić information content (AvgIpc) is 3.46. The molecule has 0 bridgehead atoms. The van der Waals surface area contributed by atoms with Crippen molar-refractivity contribution >= 4 is 5.91 Å². The fourth-order valence-electron chi connectivity index (χ4n) is 10.7. The van der Waals surface area contributed by atoms with E-state index < -0.39 is 49.5 Å². The van der Waals surface area contributed by atoms with Gasteiger partial charge in [0.1, 0.15) is 24.4 Å². The third kappa shape index (κ3) is 48.0. The van der Waals surface area contributed by atoms with Crippen molar-refractivity contribution in [3.8, 4) is 0 Å². The van der Waals surface area contributed by atoms with Crippen LogP contribution in [0.4, 0.5) is 0 Å². The third-order valence-corrected chi connectivity index (χ3v) is 16.0. The Labute approximate surface area is 487 Å². The number of rotatable bonds is 59. The smallest absolute Gasteiger partial charge is 0.220 e. The molecule has 9 nitrogen and oxygen atoms in total. The highest BCUT2D eigenvalue weighted by atomic mass is 16.7. The minimum absolute atomic E-state index is 0.186. The molecule has 0 aliphatic carbocycles. The van der Waals surface area contributed by atoms with Gasteiger partial charge in [0.15, 0.2) is 6.29 Å². The van der Waals surface area contributed by atoms with Crippen molar-refractivity contribution in [2.75, 3.05) is 13.2 Å². The summed E-state index contributed by atoms with van der Waals surface area (Å²) in [6, 6.07) is -0.829. The summed E-state index contributed by atoms with van der Waals surface area (Å²) < 4.78 is 11.3. The van der Waals surface area contributed by atoms with Gasteiger partial charge in [-0.3, -0.25) is 4.79 Å². The van der Waals surface area contributed by atoms with Crippen molar-refractivity contribution in [3.63, 3.8) is 0 Å². The van der Waals surface area contributed by atoms with E-state index in [4.69, 9.17) is 9.47 Å². The van der Waals surface area contributed by atoms with Crippen LogP contribution in [0.2, 0.25) is 0 Å². The Hall–Kier alpha value is -2.11. The Bertz CT molecular complexity index is 1430. The van der Waals surface area contributed by atoms with Gasteiger partial charge in [0.05, 0.1) is 25.4 Å². The highest BCUT2D eigenvalue weighted by Gasteiger charge is 2.44. The van der Waals surface area contributed by atoms with Crippen LogP contribution in [0.25, 0.3) is 0 Å². The second-order valence-electron chi connectivity index (χ2n) is 23.6. The monoisotopic (exact) mass is 1110 g/mol. The maximum Gasteiger partial charge on any atom is 0.220 e. The number of hydrogen-bond donors (Lipinski definition) is 6. The van der Waals surface area contributed by atoms with Gasteiger partial charge < -0.3 is 40.3 Å². The minimum atomic E-state index is -1.58. The summed E-state index contributed by atoms with van der Waals surface area (Å²) in [5.41, 5.74) is 0. The molecule has 79 heavy (non-hydrogen) atoms. The van der Waals surface area contributed by atoms with Crippen molar-refractivity contribution in [3.05, 3.63) is 60.8 Å². The number of aliphatic hydroxyl groups excluding tert-OH is 5. The van der Waals surface area contributed by atoms with Crippen molar-refractivity contribution in [2.45, 2.75) is 365 Å². The van der Waals surface area contributed by atoms with E-state index in [0.29, 0.717) is 6.42 Å². The lowest BCUT2D eigenvalue weighted by molar-refractivity contribution is -0.302. The van der Waals surface area contributed by atoms with E-state index in [0.717, 1.165) is 51.4 Å². The molecule has 6 N–H and O–H groups in total. The third-order valence-electron chi connectivity index (χ3n) is 16.0. The van der Waals surface area contributed by atoms with Crippen LogP contribution in [-0.2, 0) is 14.3 Å². The molecular weight excluding hydrogens is 983 g/mol. The van der Waals surface area contributed by atoms with E-state index in [1.165, 1.54) is 250 Å². The number of hydrogen-bond acceptors (Lipinski definition) is 8. The fraction of sp³-hybridized carbons (Fsp3) is 0.843. The minimum Gasteiger partial charge on any atom is -0.394 e. The number of carbonyl (C=O) groups excluding carboxylic acids is 1. The van der Waals surface area contributed by atoms with Crippen LogP contribution < -0.4 is 5.32 Å². The normalized spacial score (nSPS) is 18.9. The van der Waals surface area contributed by atoms with Gasteiger partial charge in [0, 0.05) is 6.42 Å². The van der Waals surface area contributed by atoms with Gasteiger partial charge in [0.2, 0.25) is 5.91 Å². The number of amides is 1. The Morgan fingerprint density at radius 1 is 0.430 bits per heavy atom. The van der Waals surface area contributed by atoms with Gasteiger partial charge in [-0.15, -0.1) is 0 Å².